The van der Waals surface area contributed by atoms with E-state index in [9.17, 15) is 0 Å². The molecule has 5 heteroatoms. The summed E-state index contributed by atoms with van der Waals surface area (Å²) in [6.07, 6.45) is 3.60. The van der Waals surface area contributed by atoms with Gasteiger partial charge in [0.05, 0.1) is 6.61 Å². The second-order valence-electron chi connectivity index (χ2n) is 5.92. The fraction of sp³-hybridized carbons (Fsp3) is 0.368. The van der Waals surface area contributed by atoms with Gasteiger partial charge in [-0.05, 0) is 69.3 Å². The van der Waals surface area contributed by atoms with E-state index in [0.29, 0.717) is 17.7 Å². The fourth-order valence-corrected chi connectivity index (χ4v) is 3.06. The van der Waals surface area contributed by atoms with Gasteiger partial charge in [-0.25, -0.2) is 0 Å². The van der Waals surface area contributed by atoms with E-state index in [1.807, 2.05) is 48.5 Å². The highest BCUT2D eigenvalue weighted by Gasteiger charge is 2.20. The van der Waals surface area contributed by atoms with E-state index < -0.39 is 0 Å². The van der Waals surface area contributed by atoms with Crippen molar-refractivity contribution in [2.45, 2.75) is 25.3 Å². The lowest BCUT2D eigenvalue weighted by Crippen LogP contribution is -2.26. The van der Waals surface area contributed by atoms with Crippen LogP contribution in [0.4, 0.5) is 0 Å². The summed E-state index contributed by atoms with van der Waals surface area (Å²) in [6, 6.07) is 15.8. The summed E-state index contributed by atoms with van der Waals surface area (Å²) in [7, 11) is 2.19. The van der Waals surface area contributed by atoms with Crippen LogP contribution in [0.1, 0.15) is 19.3 Å². The summed E-state index contributed by atoms with van der Waals surface area (Å²) in [6.45, 7) is 1.90. The van der Waals surface area contributed by atoms with Crippen molar-refractivity contribution in [3.63, 3.8) is 0 Å². The predicted octanol–water partition coefficient (Wildman–Crippen LogP) is 5.42. The Labute approximate surface area is 154 Å². The molecule has 1 aliphatic heterocycles. The SMILES string of the molecule is CN1CCCC1CCOc1ccccc1Oc1ccc(Cl)cc1.Cl. The van der Waals surface area contributed by atoms with Gasteiger partial charge in [0.1, 0.15) is 5.75 Å². The van der Waals surface area contributed by atoms with E-state index >= 15 is 0 Å². The molecule has 0 aliphatic carbocycles. The van der Waals surface area contributed by atoms with Crippen molar-refractivity contribution < 1.29 is 9.47 Å². The minimum Gasteiger partial charge on any atom is -0.490 e. The van der Waals surface area contributed by atoms with Crippen LogP contribution < -0.4 is 9.47 Å². The van der Waals surface area contributed by atoms with Crippen molar-refractivity contribution in [1.29, 1.82) is 0 Å². The molecule has 1 atom stereocenters. The maximum atomic E-state index is 5.97. The van der Waals surface area contributed by atoms with Gasteiger partial charge in [-0.1, -0.05) is 23.7 Å². The molecule has 3 rings (SSSR count). The Morgan fingerprint density at radius 1 is 1.08 bits per heavy atom. The molecule has 1 aliphatic rings. The largest absolute Gasteiger partial charge is 0.490 e. The monoisotopic (exact) mass is 367 g/mol. The van der Waals surface area contributed by atoms with Gasteiger partial charge in [-0.3, -0.25) is 0 Å². The molecule has 0 N–H and O–H groups in total. The van der Waals surface area contributed by atoms with Gasteiger partial charge >= 0.3 is 0 Å². The zero-order valence-electron chi connectivity index (χ0n) is 13.8. The molecule has 0 aromatic heterocycles. The Morgan fingerprint density at radius 3 is 2.46 bits per heavy atom. The van der Waals surface area contributed by atoms with Crippen LogP contribution in [0.5, 0.6) is 17.2 Å². The maximum Gasteiger partial charge on any atom is 0.169 e. The number of nitrogens with zero attached hydrogens (tertiary/aromatic N) is 1. The van der Waals surface area contributed by atoms with Crippen LogP contribution in [0.15, 0.2) is 48.5 Å². The lowest BCUT2D eigenvalue weighted by molar-refractivity contribution is 0.229. The number of benzene rings is 2. The van der Waals surface area contributed by atoms with Crippen LogP contribution in [0.3, 0.4) is 0 Å². The van der Waals surface area contributed by atoms with Crippen LogP contribution >= 0.6 is 24.0 Å². The minimum atomic E-state index is 0. The molecular formula is C19H23Cl2NO2. The summed E-state index contributed by atoms with van der Waals surface area (Å²) >= 11 is 5.90. The lowest BCUT2D eigenvalue weighted by atomic mass is 10.1. The van der Waals surface area contributed by atoms with Gasteiger partial charge < -0.3 is 14.4 Å². The molecule has 1 heterocycles. The molecule has 0 spiro atoms. The second kappa shape index (κ2) is 9.16. The van der Waals surface area contributed by atoms with E-state index in [4.69, 9.17) is 21.1 Å². The van der Waals surface area contributed by atoms with Crippen LogP contribution in [-0.4, -0.2) is 31.1 Å². The minimum absolute atomic E-state index is 0. The molecule has 130 valence electrons. The molecule has 2 aromatic carbocycles. The molecule has 1 saturated heterocycles. The Hall–Kier alpha value is -1.42. The highest BCUT2D eigenvalue weighted by molar-refractivity contribution is 6.30. The Balaban J connectivity index is 0.00000208. The first-order valence-electron chi connectivity index (χ1n) is 8.08. The molecule has 0 amide bonds. The number of halogens is 2. The van der Waals surface area contributed by atoms with Crippen molar-refractivity contribution >= 4 is 24.0 Å². The average Bonchev–Trinajstić information content (AvgIpc) is 2.96. The van der Waals surface area contributed by atoms with Gasteiger partial charge in [0, 0.05) is 11.1 Å². The molecule has 1 fully saturated rings. The number of para-hydroxylation sites is 2. The van der Waals surface area contributed by atoms with Gasteiger partial charge in [0.15, 0.2) is 11.5 Å². The van der Waals surface area contributed by atoms with E-state index in [1.165, 1.54) is 19.4 Å². The van der Waals surface area contributed by atoms with Crippen LogP contribution in [0.25, 0.3) is 0 Å². The van der Waals surface area contributed by atoms with Gasteiger partial charge in [-0.15, -0.1) is 12.4 Å². The molecule has 2 aromatic rings. The van der Waals surface area contributed by atoms with E-state index in [1.54, 1.807) is 0 Å². The topological polar surface area (TPSA) is 21.7 Å². The molecular weight excluding hydrogens is 345 g/mol. The second-order valence-corrected chi connectivity index (χ2v) is 6.35. The first-order chi connectivity index (χ1) is 11.2. The van der Waals surface area contributed by atoms with Gasteiger partial charge in [0.25, 0.3) is 0 Å². The normalized spacial score (nSPS) is 17.3. The average molecular weight is 368 g/mol. The fourth-order valence-electron chi connectivity index (χ4n) is 2.93. The summed E-state index contributed by atoms with van der Waals surface area (Å²) in [4.78, 5) is 2.42. The smallest absolute Gasteiger partial charge is 0.169 e. The molecule has 0 radical (unpaired) electrons. The standard InChI is InChI=1S/C19H22ClNO2.ClH/c1-21-13-4-5-16(21)12-14-22-18-6-2-3-7-19(18)23-17-10-8-15(20)9-11-17;/h2-3,6-11,16H,4-5,12-14H2,1H3;1H. The Bertz CT molecular complexity index is 634. The Morgan fingerprint density at radius 2 is 1.79 bits per heavy atom. The van der Waals surface area contributed by atoms with Crippen molar-refractivity contribution in [3.05, 3.63) is 53.6 Å². The zero-order valence-corrected chi connectivity index (χ0v) is 15.4. The third-order valence-corrected chi connectivity index (χ3v) is 4.52. The molecule has 1 unspecified atom stereocenters. The van der Waals surface area contributed by atoms with E-state index in [-0.39, 0.29) is 12.4 Å². The van der Waals surface area contributed by atoms with E-state index in [0.717, 1.165) is 23.7 Å². The summed E-state index contributed by atoms with van der Waals surface area (Å²) in [5.74, 6) is 2.26. The van der Waals surface area contributed by atoms with Crippen molar-refractivity contribution in [2.75, 3.05) is 20.2 Å². The Kier molecular flexibility index (Phi) is 7.22. The highest BCUT2D eigenvalue weighted by atomic mass is 35.5. The van der Waals surface area contributed by atoms with Crippen LogP contribution in [0, 0.1) is 0 Å². The summed E-state index contributed by atoms with van der Waals surface area (Å²) < 4.78 is 11.9. The number of hydrogen-bond donors (Lipinski definition) is 0. The van der Waals surface area contributed by atoms with Crippen molar-refractivity contribution in [1.82, 2.24) is 4.90 Å². The number of ether oxygens (including phenoxy) is 2. The number of likely N-dealkylation sites (tertiary alicyclic amines) is 1. The van der Waals surface area contributed by atoms with Crippen LogP contribution in [-0.2, 0) is 0 Å². The molecule has 3 nitrogen and oxygen atoms in total. The van der Waals surface area contributed by atoms with Crippen molar-refractivity contribution in [2.24, 2.45) is 0 Å². The highest BCUT2D eigenvalue weighted by Crippen LogP contribution is 2.32. The third kappa shape index (κ3) is 5.04. The molecule has 0 saturated carbocycles. The summed E-state index contributed by atoms with van der Waals surface area (Å²) in [5.41, 5.74) is 0. The van der Waals surface area contributed by atoms with Crippen molar-refractivity contribution in [3.8, 4) is 17.2 Å². The first-order valence-corrected chi connectivity index (χ1v) is 8.45. The van der Waals surface area contributed by atoms with Crippen LogP contribution in [0.2, 0.25) is 5.02 Å². The molecule has 24 heavy (non-hydrogen) atoms. The van der Waals surface area contributed by atoms with Gasteiger partial charge in [-0.2, -0.15) is 0 Å². The summed E-state index contributed by atoms with van der Waals surface area (Å²) in [5, 5.41) is 0.697. The third-order valence-electron chi connectivity index (χ3n) is 4.27. The maximum absolute atomic E-state index is 5.97. The van der Waals surface area contributed by atoms with E-state index in [2.05, 4.69) is 11.9 Å². The molecule has 0 bridgehead atoms. The lowest BCUT2D eigenvalue weighted by Gasteiger charge is -2.19. The quantitative estimate of drug-likeness (QED) is 0.680. The zero-order chi connectivity index (χ0) is 16.1. The first kappa shape index (κ1) is 18.9. The number of rotatable bonds is 6. The number of hydrogen-bond acceptors (Lipinski definition) is 3. The van der Waals surface area contributed by atoms with Gasteiger partial charge in [0.2, 0.25) is 0 Å². The predicted molar refractivity (Wildman–Crippen MR) is 101 cm³/mol.